The first-order chi connectivity index (χ1) is 11.3. The smallest absolute Gasteiger partial charge is 0.133 e. The fourth-order valence-electron chi connectivity index (χ4n) is 8.27. The molecule has 0 unspecified atom stereocenters. The van der Waals surface area contributed by atoms with Gasteiger partial charge in [0.05, 0.1) is 0 Å². The predicted molar refractivity (Wildman–Crippen MR) is 95.5 cm³/mol. The van der Waals surface area contributed by atoms with E-state index in [1.165, 1.54) is 32.1 Å². The van der Waals surface area contributed by atoms with Crippen molar-refractivity contribution in [1.29, 1.82) is 0 Å². The second kappa shape index (κ2) is 5.42. The van der Waals surface area contributed by atoms with Crippen LogP contribution in [0, 0.1) is 46.3 Å². The van der Waals surface area contributed by atoms with E-state index in [4.69, 9.17) is 0 Å². The summed E-state index contributed by atoms with van der Waals surface area (Å²) >= 11 is 0. The minimum absolute atomic E-state index is 0.236. The lowest BCUT2D eigenvalue weighted by atomic mass is 9.44. The van der Waals surface area contributed by atoms with Crippen molar-refractivity contribution in [2.24, 2.45) is 46.3 Å². The molecule has 0 bridgehead atoms. The van der Waals surface area contributed by atoms with Crippen molar-refractivity contribution in [1.82, 2.24) is 0 Å². The Morgan fingerprint density at radius 1 is 1.04 bits per heavy atom. The Bertz CT molecular complexity index is 566. The summed E-state index contributed by atoms with van der Waals surface area (Å²) in [6.07, 6.45) is 9.08. The van der Waals surface area contributed by atoms with E-state index in [2.05, 4.69) is 20.8 Å². The Labute approximate surface area is 147 Å². The first-order valence-electron chi connectivity index (χ1n) is 10.3. The van der Waals surface area contributed by atoms with Crippen LogP contribution in [0.25, 0.3) is 0 Å². The molecule has 2 nitrogen and oxygen atoms in total. The van der Waals surface area contributed by atoms with E-state index in [-0.39, 0.29) is 11.3 Å². The van der Waals surface area contributed by atoms with E-state index >= 15 is 0 Å². The van der Waals surface area contributed by atoms with Gasteiger partial charge in [-0.1, -0.05) is 20.8 Å². The standard InChI is InChI=1S/C22H34O2/c1-13-11-19-17-6-5-15-12-16(24)7-9-21(15,3)18(17)8-10-22(19,4)20(13)14(2)23/h13,15,17-20H,5-12H2,1-4H3/t13-,15+,17+,18-,19-,20+,21-,22-/m0/s1. The monoisotopic (exact) mass is 330 g/mol. The lowest BCUT2D eigenvalue weighted by Crippen LogP contribution is -2.53. The molecular formula is C22H34O2. The van der Waals surface area contributed by atoms with Gasteiger partial charge < -0.3 is 0 Å². The molecule has 2 heteroatoms. The van der Waals surface area contributed by atoms with Gasteiger partial charge in [-0.15, -0.1) is 0 Å². The number of carbonyl (C=O) groups is 2. The zero-order valence-electron chi connectivity index (χ0n) is 15.9. The maximum Gasteiger partial charge on any atom is 0.133 e. The van der Waals surface area contributed by atoms with Crippen LogP contribution in [0.15, 0.2) is 0 Å². The van der Waals surface area contributed by atoms with Crippen molar-refractivity contribution in [3.8, 4) is 0 Å². The average Bonchev–Trinajstić information content (AvgIpc) is 2.78. The molecule has 4 rings (SSSR count). The highest BCUT2D eigenvalue weighted by molar-refractivity contribution is 5.80. The summed E-state index contributed by atoms with van der Waals surface area (Å²) in [7, 11) is 0. The van der Waals surface area contributed by atoms with Crippen LogP contribution < -0.4 is 0 Å². The molecule has 0 aromatic carbocycles. The van der Waals surface area contributed by atoms with Gasteiger partial charge in [-0.05, 0) is 85.9 Å². The second-order valence-corrected chi connectivity index (χ2v) is 10.2. The summed E-state index contributed by atoms with van der Waals surface area (Å²) in [6.45, 7) is 9.08. The van der Waals surface area contributed by atoms with E-state index in [0.29, 0.717) is 28.8 Å². The third-order valence-corrected chi connectivity index (χ3v) is 9.26. The molecule has 0 saturated heterocycles. The highest BCUT2D eigenvalue weighted by Crippen LogP contribution is 2.68. The van der Waals surface area contributed by atoms with Crippen LogP contribution in [-0.2, 0) is 9.59 Å². The van der Waals surface area contributed by atoms with Crippen LogP contribution in [0.2, 0.25) is 0 Å². The lowest BCUT2D eigenvalue weighted by molar-refractivity contribution is -0.143. The number of ketones is 2. The highest BCUT2D eigenvalue weighted by Gasteiger charge is 2.62. The Morgan fingerprint density at radius 3 is 2.50 bits per heavy atom. The van der Waals surface area contributed by atoms with E-state index in [1.54, 1.807) is 0 Å². The summed E-state index contributed by atoms with van der Waals surface area (Å²) in [6, 6.07) is 0. The minimum Gasteiger partial charge on any atom is -0.300 e. The molecule has 4 saturated carbocycles. The molecule has 0 amide bonds. The van der Waals surface area contributed by atoms with Gasteiger partial charge in [0.15, 0.2) is 0 Å². The number of fused-ring (bicyclic) bond motifs is 5. The number of rotatable bonds is 1. The van der Waals surface area contributed by atoms with Crippen LogP contribution >= 0.6 is 0 Å². The van der Waals surface area contributed by atoms with E-state index in [0.717, 1.165) is 37.0 Å². The third kappa shape index (κ3) is 2.13. The molecule has 0 N–H and O–H groups in total. The Kier molecular flexibility index (Phi) is 3.79. The topological polar surface area (TPSA) is 34.1 Å². The van der Waals surface area contributed by atoms with E-state index < -0.39 is 0 Å². The van der Waals surface area contributed by atoms with Crippen LogP contribution in [-0.4, -0.2) is 11.6 Å². The van der Waals surface area contributed by atoms with Crippen LogP contribution in [0.1, 0.15) is 79.1 Å². The van der Waals surface area contributed by atoms with Crippen molar-refractivity contribution < 1.29 is 9.59 Å². The molecule has 24 heavy (non-hydrogen) atoms. The van der Waals surface area contributed by atoms with Crippen molar-refractivity contribution in [2.45, 2.75) is 79.1 Å². The van der Waals surface area contributed by atoms with Crippen LogP contribution in [0.3, 0.4) is 0 Å². The van der Waals surface area contributed by atoms with Crippen LogP contribution in [0.5, 0.6) is 0 Å². The number of Topliss-reactive ketones (excluding diaryl/α,β-unsaturated/α-hetero) is 2. The quantitative estimate of drug-likeness (QED) is 0.674. The van der Waals surface area contributed by atoms with Gasteiger partial charge in [0.25, 0.3) is 0 Å². The van der Waals surface area contributed by atoms with Crippen molar-refractivity contribution in [2.75, 3.05) is 0 Å². The van der Waals surface area contributed by atoms with Gasteiger partial charge in [-0.25, -0.2) is 0 Å². The minimum atomic E-state index is 0.236. The molecule has 0 aliphatic heterocycles. The summed E-state index contributed by atoms with van der Waals surface area (Å²) in [4.78, 5) is 24.3. The summed E-state index contributed by atoms with van der Waals surface area (Å²) in [5.74, 6) is 4.71. The number of hydrogen-bond acceptors (Lipinski definition) is 2. The van der Waals surface area contributed by atoms with Gasteiger partial charge >= 0.3 is 0 Å². The third-order valence-electron chi connectivity index (χ3n) is 9.26. The molecule has 0 heterocycles. The molecule has 8 atom stereocenters. The van der Waals surface area contributed by atoms with Gasteiger partial charge in [0.2, 0.25) is 0 Å². The molecule has 0 radical (unpaired) electrons. The molecule has 4 aliphatic rings. The van der Waals surface area contributed by atoms with Crippen molar-refractivity contribution >= 4 is 11.6 Å². The lowest BCUT2D eigenvalue weighted by Gasteiger charge is -2.60. The first-order valence-corrected chi connectivity index (χ1v) is 10.3. The van der Waals surface area contributed by atoms with E-state index in [9.17, 15) is 9.59 Å². The van der Waals surface area contributed by atoms with Gasteiger partial charge in [-0.2, -0.15) is 0 Å². The molecule has 134 valence electrons. The van der Waals surface area contributed by atoms with Gasteiger partial charge in [0, 0.05) is 18.8 Å². The number of hydrogen-bond donors (Lipinski definition) is 0. The number of carbonyl (C=O) groups excluding carboxylic acids is 2. The van der Waals surface area contributed by atoms with Crippen LogP contribution in [0.4, 0.5) is 0 Å². The zero-order valence-corrected chi connectivity index (χ0v) is 15.9. The largest absolute Gasteiger partial charge is 0.300 e. The Hall–Kier alpha value is -0.660. The molecule has 0 aromatic rings. The summed E-state index contributed by atoms with van der Waals surface area (Å²) in [5.41, 5.74) is 0.621. The maximum absolute atomic E-state index is 12.4. The maximum atomic E-state index is 12.4. The molecule has 0 spiro atoms. The van der Waals surface area contributed by atoms with Gasteiger partial charge in [0.1, 0.15) is 11.6 Å². The highest BCUT2D eigenvalue weighted by atomic mass is 16.1. The second-order valence-electron chi connectivity index (χ2n) is 10.2. The summed E-state index contributed by atoms with van der Waals surface area (Å²) in [5, 5.41) is 0. The Balaban J connectivity index is 1.65. The van der Waals surface area contributed by atoms with Crippen molar-refractivity contribution in [3.05, 3.63) is 0 Å². The fourth-order valence-corrected chi connectivity index (χ4v) is 8.27. The SMILES string of the molecule is CC(=O)[C@H]1[C@@H](C)C[C@H]2[C@@H]3CC[C@@H]4CC(=O)CC[C@]4(C)[C@H]3CC[C@@]21C. The van der Waals surface area contributed by atoms with Crippen molar-refractivity contribution in [3.63, 3.8) is 0 Å². The first kappa shape index (κ1) is 16.8. The fraction of sp³-hybridized carbons (Fsp3) is 0.909. The van der Waals surface area contributed by atoms with E-state index in [1.807, 2.05) is 6.92 Å². The molecular weight excluding hydrogens is 296 g/mol. The summed E-state index contributed by atoms with van der Waals surface area (Å²) < 4.78 is 0. The van der Waals surface area contributed by atoms with Gasteiger partial charge in [-0.3, -0.25) is 9.59 Å². The normalized spacial score (nSPS) is 53.9. The average molecular weight is 331 g/mol. The molecule has 0 aromatic heterocycles. The predicted octanol–water partition coefficient (Wildman–Crippen LogP) is 5.05. The zero-order chi connectivity index (χ0) is 17.3. The molecule has 4 aliphatic carbocycles. The molecule has 4 fully saturated rings. The Morgan fingerprint density at radius 2 is 1.79 bits per heavy atom.